The van der Waals surface area contributed by atoms with Crippen LogP contribution in [-0.2, 0) is 4.79 Å². The molecule has 9 heteroatoms. The van der Waals surface area contributed by atoms with Crippen molar-refractivity contribution in [3.63, 3.8) is 0 Å². The lowest BCUT2D eigenvalue weighted by Gasteiger charge is -2.12. The molecule has 1 fully saturated rings. The molecule has 1 aliphatic rings. The van der Waals surface area contributed by atoms with E-state index in [0.717, 1.165) is 23.1 Å². The van der Waals surface area contributed by atoms with Gasteiger partial charge in [0.25, 0.3) is 16.8 Å². The molecule has 0 aliphatic carbocycles. The molecule has 1 N–H and O–H groups in total. The first kappa shape index (κ1) is 17.0. The van der Waals surface area contributed by atoms with Crippen molar-refractivity contribution in [2.45, 2.75) is 0 Å². The molecule has 7 nitrogen and oxygen atoms in total. The summed E-state index contributed by atoms with van der Waals surface area (Å²) >= 11 is 6.56. The van der Waals surface area contributed by atoms with Gasteiger partial charge in [0, 0.05) is 22.7 Å². The van der Waals surface area contributed by atoms with Crippen LogP contribution in [0, 0.1) is 10.1 Å². The summed E-state index contributed by atoms with van der Waals surface area (Å²) in [5.41, 5.74) is 0.158. The number of anilines is 1. The molecule has 1 saturated heterocycles. The van der Waals surface area contributed by atoms with Crippen molar-refractivity contribution in [2.75, 3.05) is 4.90 Å². The minimum atomic E-state index is -0.617. The molecule has 0 radical (unpaired) electrons. The number of phenolic OH excluding ortho intramolecular Hbond substituents is 1. The summed E-state index contributed by atoms with van der Waals surface area (Å²) in [7, 11) is 0. The highest BCUT2D eigenvalue weighted by Gasteiger charge is 2.36. The zero-order chi connectivity index (χ0) is 18.1. The van der Waals surface area contributed by atoms with Gasteiger partial charge in [-0.2, -0.15) is 0 Å². The minimum absolute atomic E-state index is 0.0424. The second-order valence-electron chi connectivity index (χ2n) is 5.00. The number of nitro benzene ring substituents is 1. The Morgan fingerprint density at radius 3 is 2.64 bits per heavy atom. The number of benzene rings is 2. The van der Waals surface area contributed by atoms with E-state index < -0.39 is 16.1 Å². The van der Waals surface area contributed by atoms with Crippen LogP contribution in [0.15, 0.2) is 47.4 Å². The van der Waals surface area contributed by atoms with Gasteiger partial charge in [0.15, 0.2) is 0 Å². The highest BCUT2D eigenvalue weighted by Crippen LogP contribution is 2.37. The quantitative estimate of drug-likeness (QED) is 0.489. The second kappa shape index (κ2) is 6.58. The van der Waals surface area contributed by atoms with E-state index in [4.69, 9.17) is 11.6 Å². The highest BCUT2D eigenvalue weighted by atomic mass is 35.5. The van der Waals surface area contributed by atoms with Crippen molar-refractivity contribution < 1.29 is 19.6 Å². The smallest absolute Gasteiger partial charge is 0.298 e. The van der Waals surface area contributed by atoms with E-state index in [0.29, 0.717) is 22.5 Å². The summed E-state index contributed by atoms with van der Waals surface area (Å²) in [6.45, 7) is 0. The Bertz CT molecular complexity index is 944. The Morgan fingerprint density at radius 1 is 1.20 bits per heavy atom. The number of nitro groups is 1. The second-order valence-corrected chi connectivity index (χ2v) is 6.43. The standard InChI is InChI=1S/C16H9ClN2O5S/c17-10-2-1-3-11(8-10)18-15(21)14(25-16(18)22)7-9-6-12(19(23)24)4-5-13(9)20/h1-8,20H/b14-7+. The van der Waals surface area contributed by atoms with Crippen molar-refractivity contribution in [2.24, 2.45) is 0 Å². The SMILES string of the molecule is O=C1S/C(=C/c2cc([N+](=O)[O-])ccc2O)C(=O)N1c1cccc(Cl)c1. The van der Waals surface area contributed by atoms with Gasteiger partial charge in [-0.3, -0.25) is 19.7 Å². The van der Waals surface area contributed by atoms with E-state index in [9.17, 15) is 24.8 Å². The van der Waals surface area contributed by atoms with Crippen LogP contribution in [0.3, 0.4) is 0 Å². The topological polar surface area (TPSA) is 101 Å². The van der Waals surface area contributed by atoms with Crippen molar-refractivity contribution in [3.05, 3.63) is 68.1 Å². The lowest BCUT2D eigenvalue weighted by molar-refractivity contribution is -0.384. The number of halogens is 1. The molecular formula is C16H9ClN2O5S. The molecule has 1 heterocycles. The van der Waals surface area contributed by atoms with Gasteiger partial charge in [0.1, 0.15) is 5.75 Å². The maximum Gasteiger partial charge on any atom is 0.298 e. The summed E-state index contributed by atoms with van der Waals surface area (Å²) in [4.78, 5) is 35.9. The summed E-state index contributed by atoms with van der Waals surface area (Å²) in [6.07, 6.45) is 1.25. The Hall–Kier alpha value is -2.84. The first-order chi connectivity index (χ1) is 11.9. The number of amides is 2. The number of hydrogen-bond donors (Lipinski definition) is 1. The maximum atomic E-state index is 12.5. The number of aromatic hydroxyl groups is 1. The molecule has 0 spiro atoms. The van der Waals surface area contributed by atoms with Crippen molar-refractivity contribution >= 4 is 52.0 Å². The zero-order valence-electron chi connectivity index (χ0n) is 12.4. The number of thioether (sulfide) groups is 1. The number of carbonyl (C=O) groups excluding carboxylic acids is 2. The van der Waals surface area contributed by atoms with Gasteiger partial charge in [-0.05, 0) is 42.1 Å². The Kier molecular flexibility index (Phi) is 4.47. The predicted octanol–water partition coefficient (Wildman–Crippen LogP) is 4.19. The first-order valence-electron chi connectivity index (χ1n) is 6.88. The minimum Gasteiger partial charge on any atom is -0.507 e. The van der Waals surface area contributed by atoms with Crippen LogP contribution >= 0.6 is 23.4 Å². The third kappa shape index (κ3) is 3.35. The van der Waals surface area contributed by atoms with E-state index in [2.05, 4.69) is 0 Å². The molecule has 1 aliphatic heterocycles. The molecule has 2 aromatic carbocycles. The molecule has 0 bridgehead atoms. The summed E-state index contributed by atoms with van der Waals surface area (Å²) in [5.74, 6) is -0.830. The van der Waals surface area contributed by atoms with Gasteiger partial charge < -0.3 is 5.11 Å². The van der Waals surface area contributed by atoms with E-state index in [1.165, 1.54) is 12.1 Å². The summed E-state index contributed by atoms with van der Waals surface area (Å²) < 4.78 is 0. The third-order valence-electron chi connectivity index (χ3n) is 3.37. The van der Waals surface area contributed by atoms with Gasteiger partial charge in [0.2, 0.25) is 0 Å². The Balaban J connectivity index is 1.99. The van der Waals surface area contributed by atoms with Gasteiger partial charge in [0.05, 0.1) is 15.5 Å². The van der Waals surface area contributed by atoms with Gasteiger partial charge in [-0.25, -0.2) is 4.90 Å². The summed E-state index contributed by atoms with van der Waals surface area (Å²) in [5, 5.41) is 20.5. The zero-order valence-corrected chi connectivity index (χ0v) is 14.0. The normalized spacial score (nSPS) is 15.9. The number of non-ortho nitro benzene ring substituents is 1. The van der Waals surface area contributed by atoms with E-state index in [1.54, 1.807) is 18.2 Å². The molecule has 0 atom stereocenters. The first-order valence-corrected chi connectivity index (χ1v) is 8.07. The third-order valence-corrected chi connectivity index (χ3v) is 4.47. The Labute approximate surface area is 150 Å². The molecule has 126 valence electrons. The van der Waals surface area contributed by atoms with Crippen LogP contribution in [-0.4, -0.2) is 21.2 Å². The largest absolute Gasteiger partial charge is 0.507 e. The number of nitrogens with zero attached hydrogens (tertiary/aromatic N) is 2. The number of hydrogen-bond acceptors (Lipinski definition) is 6. The monoisotopic (exact) mass is 376 g/mol. The lowest BCUT2D eigenvalue weighted by atomic mass is 10.1. The molecular weight excluding hydrogens is 368 g/mol. The van der Waals surface area contributed by atoms with Gasteiger partial charge in [-0.1, -0.05) is 17.7 Å². The average Bonchev–Trinajstić information content (AvgIpc) is 2.83. The van der Waals surface area contributed by atoms with E-state index in [1.807, 2.05) is 0 Å². The highest BCUT2D eigenvalue weighted by molar-refractivity contribution is 8.19. The molecule has 25 heavy (non-hydrogen) atoms. The summed E-state index contributed by atoms with van der Waals surface area (Å²) in [6, 6.07) is 9.69. The number of rotatable bonds is 3. The maximum absolute atomic E-state index is 12.5. The molecule has 2 amide bonds. The van der Waals surface area contributed by atoms with Crippen LogP contribution in [0.4, 0.5) is 16.2 Å². The van der Waals surface area contributed by atoms with Crippen molar-refractivity contribution in [1.82, 2.24) is 0 Å². The van der Waals surface area contributed by atoms with Gasteiger partial charge >= 0.3 is 0 Å². The predicted molar refractivity (Wildman–Crippen MR) is 94.7 cm³/mol. The number of imide groups is 1. The molecule has 0 unspecified atom stereocenters. The van der Waals surface area contributed by atoms with Crippen LogP contribution in [0.5, 0.6) is 5.75 Å². The van der Waals surface area contributed by atoms with Gasteiger partial charge in [-0.15, -0.1) is 0 Å². The van der Waals surface area contributed by atoms with Crippen LogP contribution in [0.1, 0.15) is 5.56 Å². The molecule has 0 aromatic heterocycles. The van der Waals surface area contributed by atoms with Crippen molar-refractivity contribution in [3.8, 4) is 5.75 Å². The molecule has 2 aromatic rings. The van der Waals surface area contributed by atoms with Crippen LogP contribution in [0.25, 0.3) is 6.08 Å². The van der Waals surface area contributed by atoms with E-state index >= 15 is 0 Å². The number of carbonyl (C=O) groups is 2. The fourth-order valence-electron chi connectivity index (χ4n) is 2.22. The molecule has 0 saturated carbocycles. The Morgan fingerprint density at radius 2 is 1.96 bits per heavy atom. The number of phenols is 1. The average molecular weight is 377 g/mol. The molecule has 3 rings (SSSR count). The lowest BCUT2D eigenvalue weighted by Crippen LogP contribution is -2.27. The van der Waals surface area contributed by atoms with E-state index in [-0.39, 0.29) is 21.9 Å². The fraction of sp³-hybridized carbons (Fsp3) is 0. The fourth-order valence-corrected chi connectivity index (χ4v) is 3.23. The van der Waals surface area contributed by atoms with Crippen molar-refractivity contribution in [1.29, 1.82) is 0 Å². The van der Waals surface area contributed by atoms with Crippen LogP contribution in [0.2, 0.25) is 5.02 Å². The van der Waals surface area contributed by atoms with Crippen LogP contribution < -0.4 is 4.90 Å².